The van der Waals surface area contributed by atoms with E-state index in [1.165, 1.54) is 11.3 Å². The van der Waals surface area contributed by atoms with Gasteiger partial charge < -0.3 is 5.73 Å². The average molecular weight is 233 g/mol. The van der Waals surface area contributed by atoms with E-state index in [2.05, 4.69) is 0 Å². The van der Waals surface area contributed by atoms with Gasteiger partial charge in [-0.05, 0) is 28.8 Å². The molecule has 1 aromatic rings. The van der Waals surface area contributed by atoms with E-state index in [1.54, 1.807) is 0 Å². The molecule has 0 saturated heterocycles. The summed E-state index contributed by atoms with van der Waals surface area (Å²) in [4.78, 5) is 0. The van der Waals surface area contributed by atoms with Gasteiger partial charge in [0.2, 0.25) is 0 Å². The molecule has 1 heterocycles. The molecule has 1 aromatic heterocycles. The summed E-state index contributed by atoms with van der Waals surface area (Å²) in [6.07, 6.45) is 0.697. The lowest BCUT2D eigenvalue weighted by molar-refractivity contribution is 0.583. The van der Waals surface area contributed by atoms with Gasteiger partial charge in [-0.25, -0.2) is 8.42 Å². The molecule has 3 nitrogen and oxygen atoms in total. The van der Waals surface area contributed by atoms with E-state index < -0.39 is 9.84 Å². The first-order valence-corrected chi connectivity index (χ1v) is 7.27. The highest BCUT2D eigenvalue weighted by atomic mass is 32.2. The lowest BCUT2D eigenvalue weighted by Gasteiger charge is -2.08. The SMILES string of the molecule is CCC(N)CS(=O)(=O)Cc1ccsc1. The zero-order valence-electron chi connectivity index (χ0n) is 8.14. The van der Waals surface area contributed by atoms with Gasteiger partial charge in [0.25, 0.3) is 0 Å². The summed E-state index contributed by atoms with van der Waals surface area (Å²) in [5, 5.41) is 3.74. The summed E-state index contributed by atoms with van der Waals surface area (Å²) in [5.41, 5.74) is 6.47. The molecule has 0 aromatic carbocycles. The van der Waals surface area contributed by atoms with Crippen molar-refractivity contribution in [3.8, 4) is 0 Å². The summed E-state index contributed by atoms with van der Waals surface area (Å²) in [5.74, 6) is 0.198. The smallest absolute Gasteiger partial charge is 0.155 e. The minimum atomic E-state index is -3.03. The molecule has 0 saturated carbocycles. The quantitative estimate of drug-likeness (QED) is 0.836. The zero-order chi connectivity index (χ0) is 10.6. The van der Waals surface area contributed by atoms with Gasteiger partial charge >= 0.3 is 0 Å². The predicted octanol–water partition coefficient (Wildman–Crippen LogP) is 1.40. The van der Waals surface area contributed by atoms with E-state index in [0.29, 0.717) is 6.42 Å². The zero-order valence-corrected chi connectivity index (χ0v) is 9.77. The Hall–Kier alpha value is -0.390. The van der Waals surface area contributed by atoms with Crippen molar-refractivity contribution in [1.29, 1.82) is 0 Å². The van der Waals surface area contributed by atoms with Crippen LogP contribution in [0.3, 0.4) is 0 Å². The van der Waals surface area contributed by atoms with Gasteiger partial charge in [0.15, 0.2) is 9.84 Å². The molecule has 0 aliphatic rings. The Labute approximate surface area is 88.9 Å². The number of sulfone groups is 1. The third-order valence-electron chi connectivity index (χ3n) is 1.96. The van der Waals surface area contributed by atoms with Gasteiger partial charge in [-0.3, -0.25) is 0 Å². The topological polar surface area (TPSA) is 60.2 Å². The first kappa shape index (κ1) is 11.7. The Morgan fingerprint density at radius 3 is 2.79 bits per heavy atom. The van der Waals surface area contributed by atoms with Gasteiger partial charge in [0.1, 0.15) is 0 Å². The summed E-state index contributed by atoms with van der Waals surface area (Å²) in [7, 11) is -3.03. The minimum Gasteiger partial charge on any atom is -0.327 e. The lowest BCUT2D eigenvalue weighted by atomic mass is 10.3. The van der Waals surface area contributed by atoms with Crippen molar-refractivity contribution in [2.24, 2.45) is 5.73 Å². The summed E-state index contributed by atoms with van der Waals surface area (Å²) < 4.78 is 23.2. The molecule has 2 N–H and O–H groups in total. The molecule has 5 heteroatoms. The van der Waals surface area contributed by atoms with Crippen molar-refractivity contribution >= 4 is 21.2 Å². The van der Waals surface area contributed by atoms with Crippen LogP contribution >= 0.6 is 11.3 Å². The van der Waals surface area contributed by atoms with Crippen molar-refractivity contribution in [2.75, 3.05) is 5.75 Å². The molecule has 1 unspecified atom stereocenters. The number of nitrogens with two attached hydrogens (primary N) is 1. The summed E-state index contributed by atoms with van der Waals surface area (Å²) in [6.45, 7) is 1.89. The maximum atomic E-state index is 11.6. The van der Waals surface area contributed by atoms with Crippen LogP contribution in [0.15, 0.2) is 16.8 Å². The summed E-state index contributed by atoms with van der Waals surface area (Å²) in [6, 6.07) is 1.60. The van der Waals surface area contributed by atoms with Crippen molar-refractivity contribution in [3.63, 3.8) is 0 Å². The van der Waals surface area contributed by atoms with Gasteiger partial charge in [0, 0.05) is 6.04 Å². The fourth-order valence-corrected chi connectivity index (χ4v) is 3.60. The van der Waals surface area contributed by atoms with Crippen molar-refractivity contribution in [2.45, 2.75) is 25.1 Å². The van der Waals surface area contributed by atoms with E-state index in [4.69, 9.17) is 5.73 Å². The first-order chi connectivity index (χ1) is 6.53. The molecular formula is C9H15NO2S2. The van der Waals surface area contributed by atoms with Gasteiger partial charge in [0.05, 0.1) is 11.5 Å². The van der Waals surface area contributed by atoms with Crippen LogP contribution < -0.4 is 5.73 Å². The van der Waals surface area contributed by atoms with Crippen LogP contribution in [0.4, 0.5) is 0 Å². The van der Waals surface area contributed by atoms with E-state index in [1.807, 2.05) is 23.8 Å². The molecule has 0 radical (unpaired) electrons. The number of hydrogen-bond donors (Lipinski definition) is 1. The van der Waals surface area contributed by atoms with Crippen molar-refractivity contribution in [1.82, 2.24) is 0 Å². The Bertz CT molecular complexity index is 356. The van der Waals surface area contributed by atoms with Crippen LogP contribution in [-0.4, -0.2) is 20.2 Å². The normalized spacial score (nSPS) is 14.1. The van der Waals surface area contributed by atoms with Crippen LogP contribution in [0.5, 0.6) is 0 Å². The second-order valence-electron chi connectivity index (χ2n) is 3.35. The molecule has 1 atom stereocenters. The maximum absolute atomic E-state index is 11.6. The molecule has 1 rings (SSSR count). The number of rotatable bonds is 5. The third kappa shape index (κ3) is 3.77. The average Bonchev–Trinajstić information content (AvgIpc) is 2.54. The molecule has 0 bridgehead atoms. The molecule has 0 fully saturated rings. The van der Waals surface area contributed by atoms with E-state index in [9.17, 15) is 8.42 Å². The second kappa shape index (κ2) is 4.91. The monoisotopic (exact) mass is 233 g/mol. The van der Waals surface area contributed by atoms with E-state index in [-0.39, 0.29) is 17.5 Å². The van der Waals surface area contributed by atoms with Crippen LogP contribution in [0.2, 0.25) is 0 Å². The second-order valence-corrected chi connectivity index (χ2v) is 6.24. The molecule has 0 aliphatic carbocycles. The molecule has 14 heavy (non-hydrogen) atoms. The molecule has 80 valence electrons. The maximum Gasteiger partial charge on any atom is 0.155 e. The highest BCUT2D eigenvalue weighted by molar-refractivity contribution is 7.90. The predicted molar refractivity (Wildman–Crippen MR) is 60.1 cm³/mol. The van der Waals surface area contributed by atoms with E-state index in [0.717, 1.165) is 5.56 Å². The van der Waals surface area contributed by atoms with Crippen molar-refractivity contribution in [3.05, 3.63) is 22.4 Å². The van der Waals surface area contributed by atoms with Crippen molar-refractivity contribution < 1.29 is 8.42 Å². The summed E-state index contributed by atoms with van der Waals surface area (Å²) >= 11 is 1.51. The Kier molecular flexibility index (Phi) is 4.10. The highest BCUT2D eigenvalue weighted by Crippen LogP contribution is 2.11. The lowest BCUT2D eigenvalue weighted by Crippen LogP contribution is -2.29. The van der Waals surface area contributed by atoms with E-state index >= 15 is 0 Å². The van der Waals surface area contributed by atoms with Gasteiger partial charge in [-0.1, -0.05) is 6.92 Å². The fourth-order valence-electron chi connectivity index (χ4n) is 1.13. The molecule has 0 amide bonds. The van der Waals surface area contributed by atoms with Gasteiger partial charge in [-0.15, -0.1) is 0 Å². The van der Waals surface area contributed by atoms with Crippen LogP contribution in [0, 0.1) is 0 Å². The number of hydrogen-bond acceptors (Lipinski definition) is 4. The highest BCUT2D eigenvalue weighted by Gasteiger charge is 2.15. The van der Waals surface area contributed by atoms with Gasteiger partial charge in [-0.2, -0.15) is 11.3 Å². The molecular weight excluding hydrogens is 218 g/mol. The third-order valence-corrected chi connectivity index (χ3v) is 4.40. The van der Waals surface area contributed by atoms with Crippen LogP contribution in [0.1, 0.15) is 18.9 Å². The molecule has 0 spiro atoms. The Morgan fingerprint density at radius 2 is 2.29 bits per heavy atom. The molecule has 0 aliphatic heterocycles. The first-order valence-electron chi connectivity index (χ1n) is 4.50. The Morgan fingerprint density at radius 1 is 1.57 bits per heavy atom. The number of thiophene rings is 1. The minimum absolute atomic E-state index is 0.0827. The largest absolute Gasteiger partial charge is 0.327 e. The fraction of sp³-hybridized carbons (Fsp3) is 0.556. The Balaban J connectivity index is 2.59. The standard InChI is InChI=1S/C9H15NO2S2/c1-2-9(10)7-14(11,12)6-8-3-4-13-5-8/h3-5,9H,2,6-7,10H2,1H3. The van der Waals surface area contributed by atoms with Crippen LogP contribution in [-0.2, 0) is 15.6 Å². The van der Waals surface area contributed by atoms with Crippen LogP contribution in [0.25, 0.3) is 0 Å².